The van der Waals surface area contributed by atoms with Crippen molar-refractivity contribution in [3.8, 4) is 0 Å². The van der Waals surface area contributed by atoms with E-state index in [-0.39, 0.29) is 0 Å². The topological polar surface area (TPSA) is 3.24 Å². The molecule has 0 N–H and O–H groups in total. The molecule has 1 rings (SSSR count). The molecule has 0 unspecified atom stereocenters. The minimum Gasteiger partial charge on any atom is -0.300 e. The fourth-order valence-corrected chi connectivity index (χ4v) is 1.57. The summed E-state index contributed by atoms with van der Waals surface area (Å²) in [4.78, 5) is 2.55. The van der Waals surface area contributed by atoms with Gasteiger partial charge in [-0.25, -0.2) is 0 Å². The average molecular weight is 153 g/mol. The molecule has 64 valence electrons. The Balaban J connectivity index is 2.19. The fraction of sp³-hybridized carbons (Fsp3) is 0.800. The normalized spacial score (nSPS) is 22.3. The summed E-state index contributed by atoms with van der Waals surface area (Å²) >= 11 is 0. The first-order chi connectivity index (χ1) is 5.43. The lowest BCUT2D eigenvalue weighted by atomic mass is 10.2. The zero-order valence-electron chi connectivity index (χ0n) is 7.55. The van der Waals surface area contributed by atoms with Crippen molar-refractivity contribution in [3.05, 3.63) is 12.2 Å². The molecule has 0 aromatic rings. The molecule has 0 aliphatic carbocycles. The van der Waals surface area contributed by atoms with Crippen molar-refractivity contribution in [3.63, 3.8) is 0 Å². The quantitative estimate of drug-likeness (QED) is 0.551. The van der Waals surface area contributed by atoms with E-state index in [9.17, 15) is 0 Å². The Labute approximate surface area is 70.1 Å². The van der Waals surface area contributed by atoms with Crippen molar-refractivity contribution < 1.29 is 0 Å². The highest BCUT2D eigenvalue weighted by atomic mass is 15.1. The highest BCUT2D eigenvalue weighted by Crippen LogP contribution is 2.08. The number of allylic oxidation sites excluding steroid dienone is 1. The minimum atomic E-state index is 1.16. The van der Waals surface area contributed by atoms with Crippen LogP contribution in [0.25, 0.3) is 0 Å². The van der Waals surface area contributed by atoms with Crippen molar-refractivity contribution in [1.82, 2.24) is 4.90 Å². The van der Waals surface area contributed by atoms with E-state index in [0.29, 0.717) is 0 Å². The molecule has 1 fully saturated rings. The van der Waals surface area contributed by atoms with Gasteiger partial charge in [0, 0.05) is 6.54 Å². The van der Waals surface area contributed by atoms with Gasteiger partial charge in [-0.05, 0) is 32.9 Å². The van der Waals surface area contributed by atoms with Gasteiger partial charge in [0.2, 0.25) is 0 Å². The second kappa shape index (κ2) is 5.36. The summed E-state index contributed by atoms with van der Waals surface area (Å²) in [5.41, 5.74) is 0. The standard InChI is InChI=1S/C10H19N/c1-2-3-8-11-9-6-4-5-7-10-11/h2-3H,4-10H2,1H3/b3-2+. The van der Waals surface area contributed by atoms with E-state index in [0.717, 1.165) is 6.54 Å². The second-order valence-electron chi connectivity index (χ2n) is 3.28. The first-order valence-electron chi connectivity index (χ1n) is 4.77. The SMILES string of the molecule is C/C=C/CN1CCCCCC1. The first kappa shape index (κ1) is 8.79. The molecule has 1 nitrogen and oxygen atoms in total. The van der Waals surface area contributed by atoms with E-state index in [4.69, 9.17) is 0 Å². The largest absolute Gasteiger partial charge is 0.300 e. The predicted molar refractivity (Wildman–Crippen MR) is 49.7 cm³/mol. The maximum atomic E-state index is 2.55. The highest BCUT2D eigenvalue weighted by Gasteiger charge is 2.05. The van der Waals surface area contributed by atoms with Gasteiger partial charge < -0.3 is 0 Å². The molecule has 0 spiro atoms. The van der Waals surface area contributed by atoms with Crippen LogP contribution in [0.5, 0.6) is 0 Å². The van der Waals surface area contributed by atoms with E-state index in [1.54, 1.807) is 0 Å². The molecule has 0 atom stereocenters. The Morgan fingerprint density at radius 2 is 1.73 bits per heavy atom. The van der Waals surface area contributed by atoms with Crippen molar-refractivity contribution in [2.24, 2.45) is 0 Å². The summed E-state index contributed by atoms with van der Waals surface area (Å²) in [6.45, 7) is 5.88. The van der Waals surface area contributed by atoms with Crippen molar-refractivity contribution >= 4 is 0 Å². The van der Waals surface area contributed by atoms with Gasteiger partial charge in [-0.2, -0.15) is 0 Å². The average Bonchev–Trinajstić information content (AvgIpc) is 2.28. The van der Waals surface area contributed by atoms with Gasteiger partial charge in [0.1, 0.15) is 0 Å². The Morgan fingerprint density at radius 3 is 2.27 bits per heavy atom. The molecule has 1 aliphatic heterocycles. The Kier molecular flexibility index (Phi) is 4.29. The van der Waals surface area contributed by atoms with E-state index >= 15 is 0 Å². The molecule has 0 amide bonds. The third kappa shape index (κ3) is 3.57. The van der Waals surface area contributed by atoms with Crippen molar-refractivity contribution in [2.75, 3.05) is 19.6 Å². The molecule has 0 aromatic carbocycles. The molecular formula is C10H19N. The van der Waals surface area contributed by atoms with Gasteiger partial charge in [-0.1, -0.05) is 25.0 Å². The lowest BCUT2D eigenvalue weighted by Crippen LogP contribution is -2.24. The number of nitrogens with zero attached hydrogens (tertiary/aromatic N) is 1. The van der Waals surface area contributed by atoms with Crippen LogP contribution in [0.2, 0.25) is 0 Å². The third-order valence-electron chi connectivity index (χ3n) is 2.30. The number of hydrogen-bond donors (Lipinski definition) is 0. The molecule has 0 radical (unpaired) electrons. The molecule has 1 heterocycles. The summed E-state index contributed by atoms with van der Waals surface area (Å²) in [5.74, 6) is 0. The Bertz CT molecular complexity index is 110. The third-order valence-corrected chi connectivity index (χ3v) is 2.30. The summed E-state index contributed by atoms with van der Waals surface area (Å²) in [6, 6.07) is 0. The summed E-state index contributed by atoms with van der Waals surface area (Å²) in [7, 11) is 0. The van der Waals surface area contributed by atoms with Gasteiger partial charge in [-0.15, -0.1) is 0 Å². The molecule has 0 bridgehead atoms. The summed E-state index contributed by atoms with van der Waals surface area (Å²) in [6.07, 6.45) is 10.1. The van der Waals surface area contributed by atoms with Gasteiger partial charge in [-0.3, -0.25) is 4.90 Å². The van der Waals surface area contributed by atoms with Crippen molar-refractivity contribution in [2.45, 2.75) is 32.6 Å². The maximum Gasteiger partial charge on any atom is 0.0163 e. The molecule has 0 aromatic heterocycles. The highest BCUT2D eigenvalue weighted by molar-refractivity contribution is 4.81. The Morgan fingerprint density at radius 1 is 1.09 bits per heavy atom. The zero-order chi connectivity index (χ0) is 7.94. The van der Waals surface area contributed by atoms with E-state index in [2.05, 4.69) is 24.0 Å². The molecule has 1 saturated heterocycles. The van der Waals surface area contributed by atoms with Crippen molar-refractivity contribution in [1.29, 1.82) is 0 Å². The maximum absolute atomic E-state index is 2.55. The fourth-order valence-electron chi connectivity index (χ4n) is 1.57. The van der Waals surface area contributed by atoms with Crippen LogP contribution in [0, 0.1) is 0 Å². The van der Waals surface area contributed by atoms with Crippen LogP contribution >= 0.6 is 0 Å². The van der Waals surface area contributed by atoms with Crippen LogP contribution in [-0.4, -0.2) is 24.5 Å². The lowest BCUT2D eigenvalue weighted by Gasteiger charge is -2.16. The van der Waals surface area contributed by atoms with E-state index < -0.39 is 0 Å². The van der Waals surface area contributed by atoms with E-state index in [1.165, 1.54) is 38.8 Å². The Hall–Kier alpha value is -0.300. The predicted octanol–water partition coefficient (Wildman–Crippen LogP) is 2.44. The van der Waals surface area contributed by atoms with Crippen LogP contribution in [0.4, 0.5) is 0 Å². The van der Waals surface area contributed by atoms with E-state index in [1.807, 2.05) is 0 Å². The smallest absolute Gasteiger partial charge is 0.0163 e. The van der Waals surface area contributed by atoms with Crippen LogP contribution in [0.1, 0.15) is 32.6 Å². The lowest BCUT2D eigenvalue weighted by molar-refractivity contribution is 0.316. The number of hydrogen-bond acceptors (Lipinski definition) is 1. The van der Waals surface area contributed by atoms with Crippen LogP contribution in [0.15, 0.2) is 12.2 Å². The molecule has 1 heteroatoms. The molecule has 0 saturated carbocycles. The van der Waals surface area contributed by atoms with Gasteiger partial charge in [0.15, 0.2) is 0 Å². The molecule has 11 heavy (non-hydrogen) atoms. The van der Waals surface area contributed by atoms with Crippen LogP contribution < -0.4 is 0 Å². The number of likely N-dealkylation sites (tertiary alicyclic amines) is 1. The monoisotopic (exact) mass is 153 g/mol. The second-order valence-corrected chi connectivity index (χ2v) is 3.28. The van der Waals surface area contributed by atoms with Gasteiger partial charge >= 0.3 is 0 Å². The van der Waals surface area contributed by atoms with Crippen LogP contribution in [0.3, 0.4) is 0 Å². The number of rotatable bonds is 2. The van der Waals surface area contributed by atoms with Gasteiger partial charge in [0.25, 0.3) is 0 Å². The summed E-state index contributed by atoms with van der Waals surface area (Å²) in [5, 5.41) is 0. The molecular weight excluding hydrogens is 134 g/mol. The van der Waals surface area contributed by atoms with Crippen LogP contribution in [-0.2, 0) is 0 Å². The zero-order valence-corrected chi connectivity index (χ0v) is 7.55. The summed E-state index contributed by atoms with van der Waals surface area (Å²) < 4.78 is 0. The van der Waals surface area contributed by atoms with Gasteiger partial charge in [0.05, 0.1) is 0 Å². The minimum absolute atomic E-state index is 1.16. The molecule has 1 aliphatic rings. The first-order valence-corrected chi connectivity index (χ1v) is 4.77.